The number of carbonyl (C=O) groups is 1. The van der Waals surface area contributed by atoms with E-state index in [0.717, 1.165) is 0 Å². The van der Waals surface area contributed by atoms with Gasteiger partial charge in [-0.3, -0.25) is 0 Å². The SMILES string of the molecule is CN(C(=O)N1CCOCC1)C(C)(C)CO. The molecule has 0 bridgehead atoms. The third-order valence-corrected chi connectivity index (χ3v) is 2.86. The van der Waals surface area contributed by atoms with E-state index in [1.54, 1.807) is 16.8 Å². The zero-order valence-corrected chi connectivity index (χ0v) is 9.69. The Hall–Kier alpha value is -0.810. The van der Waals surface area contributed by atoms with E-state index in [-0.39, 0.29) is 12.6 Å². The molecule has 1 aliphatic heterocycles. The Kier molecular flexibility index (Phi) is 3.93. The van der Waals surface area contributed by atoms with E-state index >= 15 is 0 Å². The molecular formula is C10H20N2O3. The number of morpholine rings is 1. The first-order chi connectivity index (χ1) is 6.99. The molecule has 2 amide bonds. The van der Waals surface area contributed by atoms with E-state index in [1.165, 1.54) is 0 Å². The predicted octanol–water partition coefficient (Wildman–Crippen LogP) is 0.141. The van der Waals surface area contributed by atoms with Gasteiger partial charge in [0.25, 0.3) is 0 Å². The van der Waals surface area contributed by atoms with Crippen LogP contribution in [0.4, 0.5) is 4.79 Å². The summed E-state index contributed by atoms with van der Waals surface area (Å²) in [4.78, 5) is 15.3. The zero-order chi connectivity index (χ0) is 11.5. The van der Waals surface area contributed by atoms with Crippen molar-refractivity contribution >= 4 is 6.03 Å². The first-order valence-corrected chi connectivity index (χ1v) is 5.20. The first-order valence-electron chi connectivity index (χ1n) is 5.20. The highest BCUT2D eigenvalue weighted by molar-refractivity contribution is 5.75. The molecule has 1 heterocycles. The Bertz CT molecular complexity index is 225. The normalized spacial score (nSPS) is 17.7. The highest BCUT2D eigenvalue weighted by Crippen LogP contribution is 2.14. The van der Waals surface area contributed by atoms with Gasteiger partial charge in [0.1, 0.15) is 0 Å². The number of urea groups is 1. The summed E-state index contributed by atoms with van der Waals surface area (Å²) in [5.41, 5.74) is -0.518. The lowest BCUT2D eigenvalue weighted by Crippen LogP contribution is -2.55. The van der Waals surface area contributed by atoms with Gasteiger partial charge >= 0.3 is 6.03 Å². The largest absolute Gasteiger partial charge is 0.394 e. The maximum absolute atomic E-state index is 12.0. The lowest BCUT2D eigenvalue weighted by atomic mass is 10.1. The molecule has 0 aromatic carbocycles. The number of amides is 2. The molecule has 5 heteroatoms. The second-order valence-corrected chi connectivity index (χ2v) is 4.41. The number of likely N-dealkylation sites (N-methyl/N-ethyl adjacent to an activating group) is 1. The molecular weight excluding hydrogens is 196 g/mol. The van der Waals surface area contributed by atoms with Crippen LogP contribution in [-0.4, -0.2) is 66.4 Å². The van der Waals surface area contributed by atoms with Gasteiger partial charge in [0.05, 0.1) is 25.4 Å². The van der Waals surface area contributed by atoms with Crippen LogP contribution >= 0.6 is 0 Å². The lowest BCUT2D eigenvalue weighted by Gasteiger charge is -2.38. The Morgan fingerprint density at radius 1 is 1.47 bits per heavy atom. The Balaban J connectivity index is 2.58. The van der Waals surface area contributed by atoms with Gasteiger partial charge in [-0.25, -0.2) is 4.79 Å². The van der Waals surface area contributed by atoms with Crippen LogP contribution in [0.2, 0.25) is 0 Å². The van der Waals surface area contributed by atoms with Crippen molar-refractivity contribution in [3.05, 3.63) is 0 Å². The second-order valence-electron chi connectivity index (χ2n) is 4.41. The van der Waals surface area contributed by atoms with Crippen LogP contribution in [0.1, 0.15) is 13.8 Å². The number of rotatable bonds is 2. The third kappa shape index (κ3) is 2.82. The fraction of sp³-hybridized carbons (Fsp3) is 0.900. The summed E-state index contributed by atoms with van der Waals surface area (Å²) in [5, 5.41) is 9.17. The van der Waals surface area contributed by atoms with Crippen LogP contribution < -0.4 is 0 Å². The van der Waals surface area contributed by atoms with Crippen LogP contribution in [0.15, 0.2) is 0 Å². The molecule has 1 N–H and O–H groups in total. The van der Waals surface area contributed by atoms with Crippen molar-refractivity contribution in [3.8, 4) is 0 Å². The van der Waals surface area contributed by atoms with Gasteiger partial charge in [-0.1, -0.05) is 0 Å². The molecule has 5 nitrogen and oxygen atoms in total. The summed E-state index contributed by atoms with van der Waals surface area (Å²) >= 11 is 0. The van der Waals surface area contributed by atoms with Gasteiger partial charge in [0.15, 0.2) is 0 Å². The number of carbonyl (C=O) groups excluding carboxylic acids is 1. The number of nitrogens with zero attached hydrogens (tertiary/aromatic N) is 2. The molecule has 1 rings (SSSR count). The van der Waals surface area contributed by atoms with Crippen LogP contribution in [0.3, 0.4) is 0 Å². The van der Waals surface area contributed by atoms with Gasteiger partial charge in [0, 0.05) is 20.1 Å². The van der Waals surface area contributed by atoms with Crippen LogP contribution in [0.25, 0.3) is 0 Å². The second kappa shape index (κ2) is 4.81. The average molecular weight is 216 g/mol. The van der Waals surface area contributed by atoms with Crippen molar-refractivity contribution in [3.63, 3.8) is 0 Å². The smallest absolute Gasteiger partial charge is 0.320 e. The van der Waals surface area contributed by atoms with Crippen LogP contribution in [-0.2, 0) is 4.74 Å². The van der Waals surface area contributed by atoms with Crippen molar-refractivity contribution in [2.45, 2.75) is 19.4 Å². The number of aliphatic hydroxyl groups excluding tert-OH is 1. The first kappa shape index (κ1) is 12.3. The van der Waals surface area contributed by atoms with Gasteiger partial charge in [-0.2, -0.15) is 0 Å². The van der Waals surface area contributed by atoms with Crippen molar-refractivity contribution in [2.24, 2.45) is 0 Å². The van der Waals surface area contributed by atoms with Gasteiger partial charge < -0.3 is 19.6 Å². The fourth-order valence-electron chi connectivity index (χ4n) is 1.33. The Morgan fingerprint density at radius 2 is 2.00 bits per heavy atom. The van der Waals surface area contributed by atoms with Crippen molar-refractivity contribution in [2.75, 3.05) is 40.0 Å². The van der Waals surface area contributed by atoms with Crippen molar-refractivity contribution in [1.82, 2.24) is 9.80 Å². The summed E-state index contributed by atoms with van der Waals surface area (Å²) in [6, 6.07) is -0.0441. The molecule has 0 unspecified atom stereocenters. The molecule has 0 atom stereocenters. The van der Waals surface area contributed by atoms with E-state index in [0.29, 0.717) is 26.3 Å². The molecule has 1 fully saturated rings. The summed E-state index contributed by atoms with van der Waals surface area (Å²) in [6.45, 7) is 6.09. The number of ether oxygens (including phenoxy) is 1. The molecule has 0 spiro atoms. The Morgan fingerprint density at radius 3 is 2.47 bits per heavy atom. The van der Waals surface area contributed by atoms with Gasteiger partial charge in [-0.15, -0.1) is 0 Å². The molecule has 88 valence electrons. The summed E-state index contributed by atoms with van der Waals surface area (Å²) in [7, 11) is 1.72. The predicted molar refractivity (Wildman–Crippen MR) is 56.7 cm³/mol. The van der Waals surface area contributed by atoms with Crippen molar-refractivity contribution in [1.29, 1.82) is 0 Å². The van der Waals surface area contributed by atoms with Gasteiger partial charge in [0.2, 0.25) is 0 Å². The fourth-order valence-corrected chi connectivity index (χ4v) is 1.33. The van der Waals surface area contributed by atoms with Crippen LogP contribution in [0.5, 0.6) is 0 Å². The summed E-state index contributed by atoms with van der Waals surface area (Å²) in [5.74, 6) is 0. The highest BCUT2D eigenvalue weighted by Gasteiger charge is 2.30. The lowest BCUT2D eigenvalue weighted by molar-refractivity contribution is 0.0282. The molecule has 0 saturated carbocycles. The van der Waals surface area contributed by atoms with Crippen molar-refractivity contribution < 1.29 is 14.6 Å². The molecule has 1 aliphatic rings. The molecule has 0 aromatic heterocycles. The third-order valence-electron chi connectivity index (χ3n) is 2.86. The number of hydrogen-bond acceptors (Lipinski definition) is 3. The minimum absolute atomic E-state index is 0.0421. The van der Waals surface area contributed by atoms with Gasteiger partial charge in [-0.05, 0) is 13.8 Å². The molecule has 0 aliphatic carbocycles. The number of hydrogen-bond donors (Lipinski definition) is 1. The summed E-state index contributed by atoms with van der Waals surface area (Å²) < 4.78 is 5.18. The van der Waals surface area contributed by atoms with E-state index < -0.39 is 5.54 Å². The van der Waals surface area contributed by atoms with E-state index in [1.807, 2.05) is 13.8 Å². The van der Waals surface area contributed by atoms with E-state index in [2.05, 4.69) is 0 Å². The summed E-state index contributed by atoms with van der Waals surface area (Å²) in [6.07, 6.45) is 0. The zero-order valence-electron chi connectivity index (χ0n) is 9.69. The monoisotopic (exact) mass is 216 g/mol. The Labute approximate surface area is 90.6 Å². The maximum atomic E-state index is 12.0. The number of aliphatic hydroxyl groups is 1. The standard InChI is InChI=1S/C10H20N2O3/c1-10(2,8-13)11(3)9(14)12-4-6-15-7-5-12/h13H,4-8H2,1-3H3. The molecule has 1 saturated heterocycles. The van der Waals surface area contributed by atoms with E-state index in [4.69, 9.17) is 4.74 Å². The van der Waals surface area contributed by atoms with Crippen LogP contribution in [0, 0.1) is 0 Å². The topological polar surface area (TPSA) is 53.0 Å². The minimum atomic E-state index is -0.518. The minimum Gasteiger partial charge on any atom is -0.394 e. The average Bonchev–Trinajstić information content (AvgIpc) is 2.28. The molecule has 0 radical (unpaired) electrons. The maximum Gasteiger partial charge on any atom is 0.320 e. The quantitative estimate of drug-likeness (QED) is 0.714. The molecule has 0 aromatic rings. The molecule has 15 heavy (non-hydrogen) atoms. The van der Waals surface area contributed by atoms with E-state index in [9.17, 15) is 9.90 Å². The highest BCUT2D eigenvalue weighted by atomic mass is 16.5.